The van der Waals surface area contributed by atoms with Gasteiger partial charge in [-0.2, -0.15) is 0 Å². The molecule has 0 aromatic heterocycles. The van der Waals surface area contributed by atoms with Crippen LogP contribution in [0.15, 0.2) is 47.4 Å². The van der Waals surface area contributed by atoms with Gasteiger partial charge in [0.15, 0.2) is 11.5 Å². The van der Waals surface area contributed by atoms with Crippen LogP contribution in [-0.2, 0) is 15.6 Å². The normalized spacial score (nSPS) is 16.0. The average Bonchev–Trinajstić information content (AvgIpc) is 3.01. The lowest BCUT2D eigenvalue weighted by Gasteiger charge is -2.24. The fraction of sp³-hybridized carbons (Fsp3) is 0.250. The second-order valence-corrected chi connectivity index (χ2v) is 7.39. The van der Waals surface area contributed by atoms with Gasteiger partial charge in [-0.3, -0.25) is 0 Å². The van der Waals surface area contributed by atoms with Gasteiger partial charge in [-0.1, -0.05) is 12.1 Å². The number of hydrogen-bond acceptors (Lipinski definition) is 5. The molecule has 2 aromatic rings. The molecule has 1 atom stereocenters. The summed E-state index contributed by atoms with van der Waals surface area (Å²) in [4.78, 5) is 0.00153. The average molecular weight is 353 g/mol. The molecule has 2 N–H and O–H groups in total. The van der Waals surface area contributed by atoms with Crippen molar-refractivity contribution >= 4 is 10.0 Å². The summed E-state index contributed by atoms with van der Waals surface area (Å²) in [6.07, 6.45) is 0. The van der Waals surface area contributed by atoms with Crippen molar-refractivity contribution in [1.29, 1.82) is 0 Å². The first kappa shape index (κ1) is 16.7. The van der Waals surface area contributed by atoms with Crippen LogP contribution < -0.4 is 14.2 Å². The zero-order chi connectivity index (χ0) is 17.4. The maximum absolute atomic E-state index is 13.0. The molecule has 0 saturated carbocycles. The summed E-state index contributed by atoms with van der Waals surface area (Å²) in [6, 6.07) is 9.48. The SMILES string of the molecule is CC(O)(CNS(=O)(=O)c1ccc2c(c1)OCO2)c1ccc(F)cc1. The Morgan fingerprint density at radius 1 is 1.17 bits per heavy atom. The highest BCUT2D eigenvalue weighted by Crippen LogP contribution is 2.33. The van der Waals surface area contributed by atoms with E-state index in [2.05, 4.69) is 4.72 Å². The number of aliphatic hydroxyl groups is 1. The third kappa shape index (κ3) is 3.35. The van der Waals surface area contributed by atoms with E-state index in [1.807, 2.05) is 0 Å². The van der Waals surface area contributed by atoms with Crippen molar-refractivity contribution in [1.82, 2.24) is 4.72 Å². The van der Waals surface area contributed by atoms with E-state index in [1.54, 1.807) is 0 Å². The van der Waals surface area contributed by atoms with Crippen molar-refractivity contribution in [3.05, 3.63) is 53.8 Å². The number of nitrogens with one attached hydrogen (secondary N) is 1. The highest BCUT2D eigenvalue weighted by Gasteiger charge is 2.27. The van der Waals surface area contributed by atoms with Gasteiger partial charge < -0.3 is 14.6 Å². The minimum absolute atomic E-state index is 0.00153. The van der Waals surface area contributed by atoms with Crippen molar-refractivity contribution in [2.24, 2.45) is 0 Å². The molecule has 2 aromatic carbocycles. The first-order chi connectivity index (χ1) is 11.3. The van der Waals surface area contributed by atoms with Gasteiger partial charge in [0.2, 0.25) is 16.8 Å². The van der Waals surface area contributed by atoms with E-state index in [0.29, 0.717) is 17.1 Å². The summed E-state index contributed by atoms with van der Waals surface area (Å²) in [5.74, 6) is 0.394. The third-order valence-electron chi connectivity index (χ3n) is 3.73. The Labute approximate surface area is 138 Å². The molecule has 1 unspecified atom stereocenters. The van der Waals surface area contributed by atoms with Crippen molar-refractivity contribution in [3.63, 3.8) is 0 Å². The van der Waals surface area contributed by atoms with Gasteiger partial charge in [-0.15, -0.1) is 0 Å². The van der Waals surface area contributed by atoms with Crippen LogP contribution >= 0.6 is 0 Å². The highest BCUT2D eigenvalue weighted by atomic mass is 32.2. The topological polar surface area (TPSA) is 84.9 Å². The molecule has 24 heavy (non-hydrogen) atoms. The van der Waals surface area contributed by atoms with Gasteiger partial charge in [-0.25, -0.2) is 17.5 Å². The number of rotatable bonds is 5. The first-order valence-electron chi connectivity index (χ1n) is 7.16. The third-order valence-corrected chi connectivity index (χ3v) is 5.13. The monoisotopic (exact) mass is 353 g/mol. The molecule has 6 nitrogen and oxygen atoms in total. The van der Waals surface area contributed by atoms with Crippen molar-refractivity contribution in [3.8, 4) is 11.5 Å². The number of sulfonamides is 1. The maximum atomic E-state index is 13.0. The molecule has 1 heterocycles. The summed E-state index contributed by atoms with van der Waals surface area (Å²) in [7, 11) is -3.85. The number of hydrogen-bond donors (Lipinski definition) is 2. The number of halogens is 1. The maximum Gasteiger partial charge on any atom is 0.240 e. The molecular weight excluding hydrogens is 337 g/mol. The van der Waals surface area contributed by atoms with Crippen molar-refractivity contribution < 1.29 is 27.4 Å². The predicted molar refractivity (Wildman–Crippen MR) is 83.7 cm³/mol. The molecule has 0 spiro atoms. The van der Waals surface area contributed by atoms with Crippen LogP contribution in [0.2, 0.25) is 0 Å². The van der Waals surface area contributed by atoms with Crippen LogP contribution in [0.1, 0.15) is 12.5 Å². The van der Waals surface area contributed by atoms with Crippen LogP contribution in [0, 0.1) is 5.82 Å². The molecule has 0 fully saturated rings. The van der Waals surface area contributed by atoms with Gasteiger partial charge in [0.25, 0.3) is 0 Å². The molecule has 0 radical (unpaired) electrons. The summed E-state index contributed by atoms with van der Waals surface area (Å²) < 4.78 is 50.4. The summed E-state index contributed by atoms with van der Waals surface area (Å²) in [5.41, 5.74) is -1.09. The molecule has 1 aliphatic rings. The quantitative estimate of drug-likeness (QED) is 0.855. The highest BCUT2D eigenvalue weighted by molar-refractivity contribution is 7.89. The van der Waals surface area contributed by atoms with Gasteiger partial charge in [0.1, 0.15) is 11.4 Å². The molecule has 1 aliphatic heterocycles. The zero-order valence-corrected chi connectivity index (χ0v) is 13.6. The molecule has 128 valence electrons. The summed E-state index contributed by atoms with van der Waals surface area (Å²) >= 11 is 0. The Morgan fingerprint density at radius 3 is 2.54 bits per heavy atom. The van der Waals surface area contributed by atoms with Crippen LogP contribution in [0.4, 0.5) is 4.39 Å². The van der Waals surface area contributed by atoms with Crippen LogP contribution in [0.5, 0.6) is 11.5 Å². The lowest BCUT2D eigenvalue weighted by molar-refractivity contribution is 0.0627. The van der Waals surface area contributed by atoms with E-state index in [9.17, 15) is 17.9 Å². The number of fused-ring (bicyclic) bond motifs is 1. The van der Waals surface area contributed by atoms with Crippen LogP contribution in [-0.4, -0.2) is 26.9 Å². The largest absolute Gasteiger partial charge is 0.454 e. The molecule has 3 rings (SSSR count). The van der Waals surface area contributed by atoms with Crippen molar-refractivity contribution in [2.75, 3.05) is 13.3 Å². The molecule has 0 saturated heterocycles. The van der Waals surface area contributed by atoms with E-state index < -0.39 is 21.4 Å². The Bertz CT molecular complexity index is 849. The van der Waals surface area contributed by atoms with Crippen LogP contribution in [0.3, 0.4) is 0 Å². The fourth-order valence-corrected chi connectivity index (χ4v) is 3.42. The lowest BCUT2D eigenvalue weighted by atomic mass is 9.96. The lowest BCUT2D eigenvalue weighted by Crippen LogP contribution is -2.38. The molecule has 0 amide bonds. The molecule has 8 heteroatoms. The van der Waals surface area contributed by atoms with E-state index >= 15 is 0 Å². The van der Waals surface area contributed by atoms with Gasteiger partial charge in [-0.05, 0) is 36.8 Å². The molecular formula is C16H16FNO5S. The van der Waals surface area contributed by atoms with E-state index in [4.69, 9.17) is 9.47 Å². The number of ether oxygens (including phenoxy) is 2. The van der Waals surface area contributed by atoms with E-state index in [0.717, 1.165) is 0 Å². The van der Waals surface area contributed by atoms with Crippen molar-refractivity contribution in [2.45, 2.75) is 17.4 Å². The minimum atomic E-state index is -3.85. The second-order valence-electron chi connectivity index (χ2n) is 5.62. The summed E-state index contributed by atoms with van der Waals surface area (Å²) in [5, 5.41) is 10.4. The summed E-state index contributed by atoms with van der Waals surface area (Å²) in [6.45, 7) is 1.23. The second kappa shape index (κ2) is 6.04. The van der Waals surface area contributed by atoms with Gasteiger partial charge in [0, 0.05) is 12.6 Å². The first-order valence-corrected chi connectivity index (χ1v) is 8.64. The molecule has 0 bridgehead atoms. The predicted octanol–water partition coefficient (Wildman–Crippen LogP) is 1.74. The van der Waals surface area contributed by atoms with E-state index in [-0.39, 0.29) is 18.2 Å². The Morgan fingerprint density at radius 2 is 1.83 bits per heavy atom. The number of benzene rings is 2. The zero-order valence-electron chi connectivity index (χ0n) is 12.8. The van der Waals surface area contributed by atoms with Crippen LogP contribution in [0.25, 0.3) is 0 Å². The Balaban J connectivity index is 1.76. The van der Waals surface area contributed by atoms with Gasteiger partial charge >= 0.3 is 0 Å². The minimum Gasteiger partial charge on any atom is -0.454 e. The Hall–Kier alpha value is -2.16. The fourth-order valence-electron chi connectivity index (χ4n) is 2.27. The van der Waals surface area contributed by atoms with Gasteiger partial charge in [0.05, 0.1) is 4.90 Å². The molecule has 0 aliphatic carbocycles. The smallest absolute Gasteiger partial charge is 0.240 e. The standard InChI is InChI=1S/C16H16FNO5S/c1-16(19,11-2-4-12(17)5-3-11)9-18-24(20,21)13-6-7-14-15(8-13)23-10-22-14/h2-8,18-19H,9-10H2,1H3. The Kier molecular flexibility index (Phi) is 4.20. The van der Waals surface area contributed by atoms with E-state index in [1.165, 1.54) is 49.4 Å².